The van der Waals surface area contributed by atoms with Gasteiger partial charge in [-0.2, -0.15) is 0 Å². The Hall–Kier alpha value is -2.82. The second kappa shape index (κ2) is 5.18. The topological polar surface area (TPSA) is 47.2 Å². The SMILES string of the molecule is CN(C(=O)c1ccc2c(c1)n(C)c(=O)n2C)c1ccccc1. The molecule has 0 atom stereocenters. The number of anilines is 1. The third-order valence-corrected chi connectivity index (χ3v) is 3.97. The van der Waals surface area contributed by atoms with Gasteiger partial charge in [-0.15, -0.1) is 0 Å². The highest BCUT2D eigenvalue weighted by molar-refractivity contribution is 6.07. The smallest absolute Gasteiger partial charge is 0.311 e. The summed E-state index contributed by atoms with van der Waals surface area (Å²) in [5.74, 6) is -0.107. The summed E-state index contributed by atoms with van der Waals surface area (Å²) in [5.41, 5.74) is 2.84. The van der Waals surface area contributed by atoms with Gasteiger partial charge in [0.25, 0.3) is 5.91 Å². The minimum Gasteiger partial charge on any atom is -0.311 e. The van der Waals surface area contributed by atoms with E-state index in [1.54, 1.807) is 47.3 Å². The van der Waals surface area contributed by atoms with E-state index in [1.165, 1.54) is 0 Å². The highest BCUT2D eigenvalue weighted by Gasteiger charge is 2.16. The number of imidazole rings is 1. The number of rotatable bonds is 2. The first-order valence-corrected chi connectivity index (χ1v) is 6.99. The molecule has 0 radical (unpaired) electrons. The number of nitrogens with zero attached hydrogens (tertiary/aromatic N) is 3. The fourth-order valence-corrected chi connectivity index (χ4v) is 2.60. The van der Waals surface area contributed by atoms with Gasteiger partial charge in [-0.1, -0.05) is 18.2 Å². The minimum absolute atomic E-state index is 0.101. The first-order chi connectivity index (χ1) is 10.5. The maximum Gasteiger partial charge on any atom is 0.328 e. The molecular weight excluding hydrogens is 278 g/mol. The van der Waals surface area contributed by atoms with Gasteiger partial charge in [0.2, 0.25) is 0 Å². The fraction of sp³-hybridized carbons (Fsp3) is 0.176. The summed E-state index contributed by atoms with van der Waals surface area (Å²) >= 11 is 0. The molecule has 1 amide bonds. The van der Waals surface area contributed by atoms with E-state index in [1.807, 2.05) is 36.4 Å². The van der Waals surface area contributed by atoms with Gasteiger partial charge in [0.05, 0.1) is 11.0 Å². The van der Waals surface area contributed by atoms with Gasteiger partial charge in [-0.05, 0) is 30.3 Å². The van der Waals surface area contributed by atoms with Crippen LogP contribution in [0.4, 0.5) is 5.69 Å². The van der Waals surface area contributed by atoms with Crippen LogP contribution in [0.2, 0.25) is 0 Å². The van der Waals surface area contributed by atoms with Gasteiger partial charge in [0.1, 0.15) is 0 Å². The standard InChI is InChI=1S/C17H17N3O2/c1-18(13-7-5-4-6-8-13)16(21)12-9-10-14-15(11-12)20(3)17(22)19(14)2/h4-11H,1-3H3. The molecule has 112 valence electrons. The van der Waals surface area contributed by atoms with Gasteiger partial charge in [-0.3, -0.25) is 13.9 Å². The van der Waals surface area contributed by atoms with Crippen LogP contribution in [0.1, 0.15) is 10.4 Å². The Morgan fingerprint density at radius 3 is 2.27 bits per heavy atom. The largest absolute Gasteiger partial charge is 0.328 e. The number of hydrogen-bond acceptors (Lipinski definition) is 2. The summed E-state index contributed by atoms with van der Waals surface area (Å²) in [7, 11) is 5.17. The molecule has 0 unspecified atom stereocenters. The van der Waals surface area contributed by atoms with Crippen molar-refractivity contribution in [3.8, 4) is 0 Å². The Morgan fingerprint density at radius 2 is 1.59 bits per heavy atom. The zero-order valence-corrected chi connectivity index (χ0v) is 12.8. The lowest BCUT2D eigenvalue weighted by Gasteiger charge is -2.17. The third-order valence-electron chi connectivity index (χ3n) is 3.97. The molecule has 5 nitrogen and oxygen atoms in total. The van der Waals surface area contributed by atoms with Crippen molar-refractivity contribution in [2.75, 3.05) is 11.9 Å². The molecule has 0 spiro atoms. The molecule has 0 saturated heterocycles. The highest BCUT2D eigenvalue weighted by atomic mass is 16.2. The molecule has 0 bridgehead atoms. The molecule has 22 heavy (non-hydrogen) atoms. The summed E-state index contributed by atoms with van der Waals surface area (Å²) in [6.45, 7) is 0. The molecule has 2 aromatic carbocycles. The van der Waals surface area contributed by atoms with Crippen molar-refractivity contribution in [2.45, 2.75) is 0 Å². The van der Waals surface area contributed by atoms with E-state index in [0.717, 1.165) is 16.7 Å². The lowest BCUT2D eigenvalue weighted by molar-refractivity contribution is 0.0993. The van der Waals surface area contributed by atoms with Crippen LogP contribution in [0.15, 0.2) is 53.3 Å². The molecule has 3 aromatic rings. The van der Waals surface area contributed by atoms with Crippen LogP contribution in [0.5, 0.6) is 0 Å². The predicted molar refractivity (Wildman–Crippen MR) is 87.3 cm³/mol. The monoisotopic (exact) mass is 295 g/mol. The van der Waals surface area contributed by atoms with Gasteiger partial charge < -0.3 is 4.90 Å². The van der Waals surface area contributed by atoms with Crippen LogP contribution in [0.25, 0.3) is 11.0 Å². The second-order valence-corrected chi connectivity index (χ2v) is 5.30. The fourth-order valence-electron chi connectivity index (χ4n) is 2.60. The summed E-state index contributed by atoms with van der Waals surface area (Å²) in [6, 6.07) is 14.8. The van der Waals surface area contributed by atoms with Crippen LogP contribution < -0.4 is 10.6 Å². The Morgan fingerprint density at radius 1 is 0.955 bits per heavy atom. The first kappa shape index (κ1) is 14.1. The van der Waals surface area contributed by atoms with Gasteiger partial charge >= 0.3 is 5.69 Å². The molecule has 1 heterocycles. The van der Waals surface area contributed by atoms with Crippen LogP contribution in [-0.4, -0.2) is 22.1 Å². The van der Waals surface area contributed by atoms with E-state index >= 15 is 0 Å². The number of hydrogen-bond donors (Lipinski definition) is 0. The van der Waals surface area contributed by atoms with Gasteiger partial charge in [0.15, 0.2) is 0 Å². The summed E-state index contributed by atoms with van der Waals surface area (Å²) < 4.78 is 3.12. The lowest BCUT2D eigenvalue weighted by atomic mass is 10.1. The molecule has 0 aliphatic rings. The molecule has 1 aromatic heterocycles. The van der Waals surface area contributed by atoms with E-state index < -0.39 is 0 Å². The van der Waals surface area contributed by atoms with Crippen LogP contribution >= 0.6 is 0 Å². The number of amides is 1. The maximum atomic E-state index is 12.6. The number of aromatic nitrogens is 2. The van der Waals surface area contributed by atoms with E-state index in [-0.39, 0.29) is 11.6 Å². The van der Waals surface area contributed by atoms with Gasteiger partial charge in [0, 0.05) is 32.4 Å². The van der Waals surface area contributed by atoms with E-state index in [9.17, 15) is 9.59 Å². The number of para-hydroxylation sites is 1. The predicted octanol–water partition coefficient (Wildman–Crippen LogP) is 2.15. The third kappa shape index (κ3) is 2.11. The van der Waals surface area contributed by atoms with Crippen LogP contribution in [-0.2, 0) is 14.1 Å². The number of aryl methyl sites for hydroxylation is 2. The molecule has 0 fully saturated rings. The Balaban J connectivity index is 2.05. The van der Waals surface area contributed by atoms with Crippen LogP contribution in [0.3, 0.4) is 0 Å². The van der Waals surface area contributed by atoms with E-state index in [4.69, 9.17) is 0 Å². The minimum atomic E-state index is -0.107. The van der Waals surface area contributed by atoms with Crippen molar-refractivity contribution < 1.29 is 4.79 Å². The normalized spacial score (nSPS) is 10.9. The maximum absolute atomic E-state index is 12.6. The van der Waals surface area contributed by atoms with E-state index in [0.29, 0.717) is 5.56 Å². The quantitative estimate of drug-likeness (QED) is 0.727. The highest BCUT2D eigenvalue weighted by Crippen LogP contribution is 2.18. The van der Waals surface area contributed by atoms with Crippen molar-refractivity contribution >= 4 is 22.6 Å². The Bertz CT molecular complexity index is 907. The molecule has 0 N–H and O–H groups in total. The second-order valence-electron chi connectivity index (χ2n) is 5.30. The van der Waals surface area contributed by atoms with Crippen molar-refractivity contribution in [3.63, 3.8) is 0 Å². The zero-order chi connectivity index (χ0) is 15.9. The Kier molecular flexibility index (Phi) is 3.33. The summed E-state index contributed by atoms with van der Waals surface area (Å²) in [5, 5.41) is 0. The number of fused-ring (bicyclic) bond motifs is 1. The van der Waals surface area contributed by atoms with Crippen molar-refractivity contribution in [1.29, 1.82) is 0 Å². The number of carbonyl (C=O) groups excluding carboxylic acids is 1. The molecular formula is C17H17N3O2. The van der Waals surface area contributed by atoms with E-state index in [2.05, 4.69) is 0 Å². The molecule has 0 saturated carbocycles. The van der Waals surface area contributed by atoms with Gasteiger partial charge in [-0.25, -0.2) is 4.79 Å². The summed E-state index contributed by atoms with van der Waals surface area (Å²) in [4.78, 5) is 26.2. The first-order valence-electron chi connectivity index (χ1n) is 6.99. The Labute approximate surface area is 128 Å². The lowest BCUT2D eigenvalue weighted by Crippen LogP contribution is -2.26. The average Bonchev–Trinajstić information content (AvgIpc) is 2.78. The van der Waals surface area contributed by atoms with Crippen molar-refractivity contribution in [3.05, 3.63) is 64.6 Å². The zero-order valence-electron chi connectivity index (χ0n) is 12.8. The molecule has 3 rings (SSSR count). The number of carbonyl (C=O) groups is 1. The van der Waals surface area contributed by atoms with Crippen molar-refractivity contribution in [2.24, 2.45) is 14.1 Å². The number of benzene rings is 2. The molecule has 0 aliphatic heterocycles. The molecule has 0 aliphatic carbocycles. The average molecular weight is 295 g/mol. The van der Waals surface area contributed by atoms with Crippen LogP contribution in [0, 0.1) is 0 Å². The van der Waals surface area contributed by atoms with Crippen molar-refractivity contribution in [1.82, 2.24) is 9.13 Å². The molecule has 5 heteroatoms. The summed E-state index contributed by atoms with van der Waals surface area (Å²) in [6.07, 6.45) is 0.